The summed E-state index contributed by atoms with van der Waals surface area (Å²) < 4.78 is 1.81. The van der Waals surface area contributed by atoms with Crippen LogP contribution in [0.5, 0.6) is 0 Å². The number of aryl methyl sites for hydroxylation is 1. The van der Waals surface area contributed by atoms with Crippen molar-refractivity contribution in [2.24, 2.45) is 5.92 Å². The van der Waals surface area contributed by atoms with Gasteiger partial charge in [-0.3, -0.25) is 0 Å². The molecule has 17 heavy (non-hydrogen) atoms. The summed E-state index contributed by atoms with van der Waals surface area (Å²) in [6, 6.07) is 4.58. The van der Waals surface area contributed by atoms with Crippen LogP contribution in [0.25, 0.3) is 5.65 Å². The molecule has 0 bridgehead atoms. The fourth-order valence-corrected chi connectivity index (χ4v) is 2.46. The Morgan fingerprint density at radius 2 is 2.06 bits per heavy atom. The fourth-order valence-electron chi connectivity index (χ4n) is 2.46. The van der Waals surface area contributed by atoms with Crippen LogP contribution in [0.3, 0.4) is 0 Å². The quantitative estimate of drug-likeness (QED) is 0.749. The molecule has 1 fully saturated rings. The molecule has 3 rings (SSSR count). The highest BCUT2D eigenvalue weighted by Crippen LogP contribution is 2.27. The van der Waals surface area contributed by atoms with Crippen molar-refractivity contribution < 1.29 is 0 Å². The molecule has 5 nitrogen and oxygen atoms in total. The summed E-state index contributed by atoms with van der Waals surface area (Å²) in [4.78, 5) is 2.36. The number of aromatic nitrogens is 4. The van der Waals surface area contributed by atoms with E-state index in [0.717, 1.165) is 29.8 Å². The lowest BCUT2D eigenvalue weighted by Gasteiger charge is -2.24. The number of hydrogen-bond donors (Lipinski definition) is 0. The lowest BCUT2D eigenvalue weighted by Crippen LogP contribution is -2.30. The number of hydrogen-bond acceptors (Lipinski definition) is 4. The third-order valence-electron chi connectivity index (χ3n) is 3.84. The lowest BCUT2D eigenvalue weighted by atomic mass is 10.1. The summed E-state index contributed by atoms with van der Waals surface area (Å²) >= 11 is 0. The van der Waals surface area contributed by atoms with E-state index >= 15 is 0 Å². The van der Waals surface area contributed by atoms with Crippen molar-refractivity contribution in [2.75, 3.05) is 11.4 Å². The van der Waals surface area contributed by atoms with Gasteiger partial charge in [0.25, 0.3) is 0 Å². The number of anilines is 1. The molecule has 0 radical (unpaired) electrons. The molecule has 2 aromatic heterocycles. The minimum atomic E-state index is 0.553. The normalized spacial score (nSPS) is 24.8. The Morgan fingerprint density at radius 3 is 2.76 bits per heavy atom. The van der Waals surface area contributed by atoms with Gasteiger partial charge in [-0.2, -0.15) is 4.52 Å². The maximum Gasteiger partial charge on any atom is 0.178 e. The van der Waals surface area contributed by atoms with Gasteiger partial charge in [0.05, 0.1) is 0 Å². The van der Waals surface area contributed by atoms with E-state index in [-0.39, 0.29) is 0 Å². The first-order valence-corrected chi connectivity index (χ1v) is 6.12. The van der Waals surface area contributed by atoms with E-state index in [1.165, 1.54) is 6.42 Å². The second kappa shape index (κ2) is 3.68. The molecule has 2 atom stereocenters. The first kappa shape index (κ1) is 10.5. The van der Waals surface area contributed by atoms with E-state index < -0.39 is 0 Å². The molecule has 0 spiro atoms. The topological polar surface area (TPSA) is 46.3 Å². The van der Waals surface area contributed by atoms with Crippen LogP contribution in [0.1, 0.15) is 26.1 Å². The summed E-state index contributed by atoms with van der Waals surface area (Å²) in [6.07, 6.45) is 1.24. The molecule has 90 valence electrons. The molecule has 0 aromatic carbocycles. The van der Waals surface area contributed by atoms with Crippen LogP contribution in [-0.2, 0) is 0 Å². The van der Waals surface area contributed by atoms with Crippen LogP contribution < -0.4 is 4.90 Å². The molecule has 1 aliphatic heterocycles. The van der Waals surface area contributed by atoms with Crippen LogP contribution in [0.4, 0.5) is 5.82 Å². The summed E-state index contributed by atoms with van der Waals surface area (Å²) in [5, 5.41) is 12.7. The highest BCUT2D eigenvalue weighted by atomic mass is 15.4. The van der Waals surface area contributed by atoms with Crippen molar-refractivity contribution >= 4 is 11.5 Å². The van der Waals surface area contributed by atoms with Crippen molar-refractivity contribution in [1.29, 1.82) is 0 Å². The molecule has 3 heterocycles. The summed E-state index contributed by atoms with van der Waals surface area (Å²) in [6.45, 7) is 7.57. The predicted octanol–water partition coefficient (Wildman–Crippen LogP) is 1.67. The Kier molecular flexibility index (Phi) is 2.28. The maximum atomic E-state index is 4.62. The van der Waals surface area contributed by atoms with Gasteiger partial charge in [-0.1, -0.05) is 6.92 Å². The highest BCUT2D eigenvalue weighted by molar-refractivity contribution is 5.47. The van der Waals surface area contributed by atoms with Crippen LogP contribution in [0, 0.1) is 12.8 Å². The highest BCUT2D eigenvalue weighted by Gasteiger charge is 2.28. The van der Waals surface area contributed by atoms with Crippen LogP contribution in [-0.4, -0.2) is 32.4 Å². The average Bonchev–Trinajstić information content (AvgIpc) is 2.85. The molecule has 1 aliphatic rings. The Balaban J connectivity index is 2.03. The molecule has 2 aromatic rings. The lowest BCUT2D eigenvalue weighted by molar-refractivity contribution is 0.543. The van der Waals surface area contributed by atoms with Gasteiger partial charge in [0.2, 0.25) is 0 Å². The number of nitrogens with zero attached hydrogens (tertiary/aromatic N) is 5. The van der Waals surface area contributed by atoms with Gasteiger partial charge in [-0.05, 0) is 38.3 Å². The Labute approximate surface area is 100 Å². The van der Waals surface area contributed by atoms with E-state index in [4.69, 9.17) is 0 Å². The zero-order chi connectivity index (χ0) is 12.0. The van der Waals surface area contributed by atoms with E-state index in [0.29, 0.717) is 6.04 Å². The van der Waals surface area contributed by atoms with Gasteiger partial charge in [-0.15, -0.1) is 15.3 Å². The molecule has 0 N–H and O–H groups in total. The molecule has 1 saturated heterocycles. The van der Waals surface area contributed by atoms with Crippen LogP contribution in [0.15, 0.2) is 12.1 Å². The summed E-state index contributed by atoms with van der Waals surface area (Å²) in [7, 11) is 0. The minimum Gasteiger partial charge on any atom is -0.352 e. The van der Waals surface area contributed by atoms with Crippen LogP contribution >= 0.6 is 0 Å². The van der Waals surface area contributed by atoms with E-state index in [2.05, 4.69) is 34.0 Å². The van der Waals surface area contributed by atoms with Gasteiger partial charge in [0, 0.05) is 12.6 Å². The first-order valence-electron chi connectivity index (χ1n) is 6.12. The second-order valence-corrected chi connectivity index (χ2v) is 4.91. The zero-order valence-corrected chi connectivity index (χ0v) is 10.5. The molecular weight excluding hydrogens is 214 g/mol. The molecule has 0 saturated carbocycles. The largest absolute Gasteiger partial charge is 0.352 e. The Hall–Kier alpha value is -1.65. The van der Waals surface area contributed by atoms with E-state index in [1.54, 1.807) is 0 Å². The van der Waals surface area contributed by atoms with Gasteiger partial charge in [-0.25, -0.2) is 0 Å². The van der Waals surface area contributed by atoms with Crippen LogP contribution in [0.2, 0.25) is 0 Å². The average molecular weight is 231 g/mol. The van der Waals surface area contributed by atoms with Crippen molar-refractivity contribution in [1.82, 2.24) is 19.8 Å². The monoisotopic (exact) mass is 231 g/mol. The van der Waals surface area contributed by atoms with Crippen molar-refractivity contribution in [3.8, 4) is 0 Å². The van der Waals surface area contributed by atoms with Gasteiger partial charge in [0.15, 0.2) is 11.5 Å². The SMILES string of the molecule is Cc1nnc2ccc(N3CCC(C)C3C)nn12. The first-order chi connectivity index (χ1) is 8.16. The number of rotatable bonds is 1. The molecule has 2 unspecified atom stereocenters. The second-order valence-electron chi connectivity index (χ2n) is 4.91. The van der Waals surface area contributed by atoms with Gasteiger partial charge >= 0.3 is 0 Å². The Morgan fingerprint density at radius 1 is 1.24 bits per heavy atom. The van der Waals surface area contributed by atoms with Crippen molar-refractivity contribution in [3.05, 3.63) is 18.0 Å². The molecule has 0 amide bonds. The predicted molar refractivity (Wildman–Crippen MR) is 66.1 cm³/mol. The zero-order valence-electron chi connectivity index (χ0n) is 10.5. The summed E-state index contributed by atoms with van der Waals surface area (Å²) in [5.74, 6) is 2.59. The smallest absolute Gasteiger partial charge is 0.178 e. The summed E-state index contributed by atoms with van der Waals surface area (Å²) in [5.41, 5.74) is 0.811. The van der Waals surface area contributed by atoms with E-state index in [1.807, 2.05) is 23.6 Å². The molecule has 0 aliphatic carbocycles. The maximum absolute atomic E-state index is 4.62. The standard InChI is InChI=1S/C12H17N5/c1-8-6-7-16(9(8)2)12-5-4-11-14-13-10(3)17(11)15-12/h4-5,8-9H,6-7H2,1-3H3. The molecule has 5 heteroatoms. The third-order valence-corrected chi connectivity index (χ3v) is 3.84. The van der Waals surface area contributed by atoms with Gasteiger partial charge < -0.3 is 4.90 Å². The third kappa shape index (κ3) is 1.57. The molecular formula is C12H17N5. The fraction of sp³-hybridized carbons (Fsp3) is 0.583. The van der Waals surface area contributed by atoms with Crippen molar-refractivity contribution in [2.45, 2.75) is 33.2 Å². The van der Waals surface area contributed by atoms with Crippen molar-refractivity contribution in [3.63, 3.8) is 0 Å². The van der Waals surface area contributed by atoms with E-state index in [9.17, 15) is 0 Å². The Bertz CT molecular complexity index is 547. The number of fused-ring (bicyclic) bond motifs is 1. The minimum absolute atomic E-state index is 0.553. The van der Waals surface area contributed by atoms with Gasteiger partial charge in [0.1, 0.15) is 5.82 Å².